The van der Waals surface area contributed by atoms with E-state index in [1.165, 1.54) is 7.11 Å². The van der Waals surface area contributed by atoms with Crippen molar-refractivity contribution in [2.75, 3.05) is 26.8 Å². The molecule has 1 rings (SSSR count). The topological polar surface area (TPSA) is 32.7 Å². The molecule has 0 aliphatic carbocycles. The summed E-state index contributed by atoms with van der Waals surface area (Å²) in [5.41, 5.74) is 0.665. The van der Waals surface area contributed by atoms with Crippen molar-refractivity contribution in [2.45, 2.75) is 12.7 Å². The van der Waals surface area contributed by atoms with E-state index in [0.717, 1.165) is 4.90 Å². The van der Waals surface area contributed by atoms with Crippen molar-refractivity contribution < 1.29 is 23.0 Å². The number of halogens is 3. The monoisotopic (exact) mass is 263 g/mol. The first kappa shape index (κ1) is 14.8. The summed E-state index contributed by atoms with van der Waals surface area (Å²) in [4.78, 5) is 1.14. The molecule has 0 spiro atoms. The first-order valence-corrected chi connectivity index (χ1v) is 5.48. The molecule has 0 unspecified atom stereocenters. The molecule has 1 N–H and O–H groups in total. The fraction of sp³-hybridized carbons (Fsp3) is 0.500. The molecule has 0 aromatic heterocycles. The van der Waals surface area contributed by atoms with Gasteiger partial charge in [-0.25, -0.2) is 0 Å². The third kappa shape index (κ3) is 4.93. The van der Waals surface area contributed by atoms with Crippen LogP contribution >= 0.6 is 0 Å². The van der Waals surface area contributed by atoms with E-state index in [4.69, 9.17) is 9.84 Å². The summed E-state index contributed by atoms with van der Waals surface area (Å²) in [6.07, 6.45) is -4.28. The van der Waals surface area contributed by atoms with Crippen molar-refractivity contribution >= 4 is 0 Å². The van der Waals surface area contributed by atoms with E-state index >= 15 is 0 Å². The van der Waals surface area contributed by atoms with Gasteiger partial charge in [0.15, 0.2) is 0 Å². The van der Waals surface area contributed by atoms with Crippen molar-refractivity contribution in [3.8, 4) is 5.75 Å². The second-order valence-corrected chi connectivity index (χ2v) is 3.86. The summed E-state index contributed by atoms with van der Waals surface area (Å²) in [6.45, 7) is -1.31. The number of ether oxygens (including phenoxy) is 1. The molecule has 0 aliphatic heterocycles. The van der Waals surface area contributed by atoms with Crippen LogP contribution < -0.4 is 4.74 Å². The summed E-state index contributed by atoms with van der Waals surface area (Å²) >= 11 is 0. The van der Waals surface area contributed by atoms with Gasteiger partial charge in [0, 0.05) is 18.7 Å². The third-order valence-electron chi connectivity index (χ3n) is 2.41. The van der Waals surface area contributed by atoms with Crippen LogP contribution in [0.2, 0.25) is 0 Å². The average Bonchev–Trinajstić information content (AvgIpc) is 2.28. The van der Waals surface area contributed by atoms with Gasteiger partial charge in [-0.1, -0.05) is 18.2 Å². The number of rotatable bonds is 6. The Morgan fingerprint density at radius 2 is 1.94 bits per heavy atom. The zero-order valence-electron chi connectivity index (χ0n) is 10.1. The summed E-state index contributed by atoms with van der Waals surface area (Å²) < 4.78 is 42.2. The van der Waals surface area contributed by atoms with Gasteiger partial charge in [-0.05, 0) is 6.07 Å². The minimum absolute atomic E-state index is 0.0302. The molecule has 0 saturated carbocycles. The van der Waals surface area contributed by atoms with E-state index in [2.05, 4.69) is 0 Å². The van der Waals surface area contributed by atoms with Crippen molar-refractivity contribution in [1.29, 1.82) is 0 Å². The van der Waals surface area contributed by atoms with Crippen LogP contribution in [0.5, 0.6) is 5.75 Å². The lowest BCUT2D eigenvalue weighted by molar-refractivity contribution is -0.148. The standard InChI is InChI=1S/C12H16F3NO2/c1-18-11-5-3-2-4-10(11)8-16(6-7-17)9-12(13,14)15/h2-5,17H,6-9H2,1H3. The molecule has 0 amide bonds. The van der Waals surface area contributed by atoms with Gasteiger partial charge < -0.3 is 9.84 Å². The predicted octanol–water partition coefficient (Wildman–Crippen LogP) is 2.05. The first-order valence-electron chi connectivity index (χ1n) is 5.48. The molecular formula is C12H16F3NO2. The van der Waals surface area contributed by atoms with Gasteiger partial charge in [-0.3, -0.25) is 4.90 Å². The van der Waals surface area contributed by atoms with Crippen LogP contribution in [0.15, 0.2) is 24.3 Å². The fourth-order valence-electron chi connectivity index (χ4n) is 1.68. The fourth-order valence-corrected chi connectivity index (χ4v) is 1.68. The Balaban J connectivity index is 2.76. The summed E-state index contributed by atoms with van der Waals surface area (Å²) in [6, 6.07) is 6.89. The first-order chi connectivity index (χ1) is 8.46. The van der Waals surface area contributed by atoms with Gasteiger partial charge in [0.05, 0.1) is 20.3 Å². The Hall–Kier alpha value is -1.27. The number of benzene rings is 1. The van der Waals surface area contributed by atoms with E-state index < -0.39 is 12.7 Å². The highest BCUT2D eigenvalue weighted by atomic mass is 19.4. The van der Waals surface area contributed by atoms with E-state index in [0.29, 0.717) is 11.3 Å². The maximum Gasteiger partial charge on any atom is 0.401 e. The van der Waals surface area contributed by atoms with Gasteiger partial charge in [-0.2, -0.15) is 13.2 Å². The lowest BCUT2D eigenvalue weighted by Crippen LogP contribution is -2.35. The number of hydrogen-bond donors (Lipinski definition) is 1. The Labute approximate surface area is 104 Å². The van der Waals surface area contributed by atoms with Crippen LogP contribution in [0.1, 0.15) is 5.56 Å². The zero-order chi connectivity index (χ0) is 13.6. The van der Waals surface area contributed by atoms with Gasteiger partial charge in [-0.15, -0.1) is 0 Å². The van der Waals surface area contributed by atoms with Crippen LogP contribution in [0, 0.1) is 0 Å². The van der Waals surface area contributed by atoms with Gasteiger partial charge in [0.1, 0.15) is 5.75 Å². The maximum absolute atomic E-state index is 12.4. The Kier molecular flexibility index (Phi) is 5.43. The molecular weight excluding hydrogens is 247 g/mol. The van der Waals surface area contributed by atoms with Crippen LogP contribution in [0.4, 0.5) is 13.2 Å². The quantitative estimate of drug-likeness (QED) is 0.852. The van der Waals surface area contributed by atoms with E-state index in [9.17, 15) is 13.2 Å². The SMILES string of the molecule is COc1ccccc1CN(CCO)CC(F)(F)F. The maximum atomic E-state index is 12.4. The van der Waals surface area contributed by atoms with Gasteiger partial charge in [0.25, 0.3) is 0 Å². The minimum atomic E-state index is -4.28. The summed E-state index contributed by atoms with van der Waals surface area (Å²) in [5.74, 6) is 0.544. The summed E-state index contributed by atoms with van der Waals surface area (Å²) in [5, 5.41) is 8.80. The second kappa shape index (κ2) is 6.61. The third-order valence-corrected chi connectivity index (χ3v) is 2.41. The Morgan fingerprint density at radius 3 is 2.50 bits per heavy atom. The highest BCUT2D eigenvalue weighted by Gasteiger charge is 2.30. The lowest BCUT2D eigenvalue weighted by Gasteiger charge is -2.23. The number of hydrogen-bond acceptors (Lipinski definition) is 3. The number of para-hydroxylation sites is 1. The second-order valence-electron chi connectivity index (χ2n) is 3.86. The number of methoxy groups -OCH3 is 1. The Bertz CT molecular complexity index is 369. The molecule has 3 nitrogen and oxygen atoms in total. The van der Waals surface area contributed by atoms with Crippen LogP contribution in [0.25, 0.3) is 0 Å². The molecule has 1 aromatic carbocycles. The number of aliphatic hydroxyl groups excluding tert-OH is 1. The van der Waals surface area contributed by atoms with Gasteiger partial charge >= 0.3 is 6.18 Å². The molecule has 6 heteroatoms. The molecule has 1 aromatic rings. The summed E-state index contributed by atoms with van der Waals surface area (Å²) in [7, 11) is 1.47. The molecule has 0 fully saturated rings. The van der Waals surface area contributed by atoms with Crippen molar-refractivity contribution in [3.63, 3.8) is 0 Å². The molecule has 0 saturated heterocycles. The smallest absolute Gasteiger partial charge is 0.401 e. The van der Waals surface area contributed by atoms with Gasteiger partial charge in [0.2, 0.25) is 0 Å². The lowest BCUT2D eigenvalue weighted by atomic mass is 10.2. The molecule has 0 radical (unpaired) electrons. The number of aliphatic hydroxyl groups is 1. The molecule has 0 aliphatic rings. The molecule has 0 bridgehead atoms. The Morgan fingerprint density at radius 1 is 1.28 bits per heavy atom. The van der Waals surface area contributed by atoms with E-state index in [-0.39, 0.29) is 19.7 Å². The largest absolute Gasteiger partial charge is 0.496 e. The molecule has 18 heavy (non-hydrogen) atoms. The number of nitrogens with zero attached hydrogens (tertiary/aromatic N) is 1. The van der Waals surface area contributed by atoms with E-state index in [1.54, 1.807) is 24.3 Å². The highest BCUT2D eigenvalue weighted by molar-refractivity contribution is 5.33. The molecule has 0 atom stereocenters. The van der Waals surface area contributed by atoms with Crippen molar-refractivity contribution in [2.24, 2.45) is 0 Å². The molecule has 0 heterocycles. The zero-order valence-corrected chi connectivity index (χ0v) is 10.1. The van der Waals surface area contributed by atoms with Crippen LogP contribution in [-0.2, 0) is 6.54 Å². The molecule has 102 valence electrons. The predicted molar refractivity (Wildman–Crippen MR) is 61.4 cm³/mol. The van der Waals surface area contributed by atoms with Crippen molar-refractivity contribution in [1.82, 2.24) is 4.90 Å². The normalized spacial score (nSPS) is 11.9. The van der Waals surface area contributed by atoms with Crippen molar-refractivity contribution in [3.05, 3.63) is 29.8 Å². The minimum Gasteiger partial charge on any atom is -0.496 e. The van der Waals surface area contributed by atoms with Crippen LogP contribution in [0.3, 0.4) is 0 Å². The average molecular weight is 263 g/mol. The highest BCUT2D eigenvalue weighted by Crippen LogP contribution is 2.22. The van der Waals surface area contributed by atoms with Crippen LogP contribution in [-0.4, -0.2) is 43.0 Å². The van der Waals surface area contributed by atoms with E-state index in [1.807, 2.05) is 0 Å². The number of alkyl halides is 3.